The number of nitrogens with two attached hydrogens (primary N) is 1. The van der Waals surface area contributed by atoms with Crippen LogP contribution in [0.3, 0.4) is 0 Å². The van der Waals surface area contributed by atoms with Gasteiger partial charge in [0.15, 0.2) is 35.3 Å². The van der Waals surface area contributed by atoms with Gasteiger partial charge < -0.3 is 15.8 Å². The molecule has 0 saturated carbocycles. The highest BCUT2D eigenvalue weighted by Gasteiger charge is 2.22. The monoisotopic (exact) mass is 411 g/mol. The molecule has 1 unspecified atom stereocenters. The summed E-state index contributed by atoms with van der Waals surface area (Å²) in [6.07, 6.45) is -1.84. The summed E-state index contributed by atoms with van der Waals surface area (Å²) in [5.41, 5.74) is 5.09. The number of rotatable bonds is 7. The van der Waals surface area contributed by atoms with Crippen molar-refractivity contribution in [1.82, 2.24) is 15.0 Å². The summed E-state index contributed by atoms with van der Waals surface area (Å²) in [5, 5.41) is 1.96. The van der Waals surface area contributed by atoms with Gasteiger partial charge in [-0.2, -0.15) is 15.0 Å². The highest BCUT2D eigenvalue weighted by Crippen LogP contribution is 2.27. The minimum atomic E-state index is -1.84. The smallest absolute Gasteiger partial charge is 0.232 e. The van der Waals surface area contributed by atoms with Gasteiger partial charge in [0, 0.05) is 6.07 Å². The summed E-state index contributed by atoms with van der Waals surface area (Å²) >= 11 is 0. The Morgan fingerprint density at radius 2 is 1.62 bits per heavy atom. The molecule has 0 bridgehead atoms. The van der Waals surface area contributed by atoms with Gasteiger partial charge in [0.05, 0.1) is 13.2 Å². The van der Waals surface area contributed by atoms with Crippen LogP contribution in [0.4, 0.5) is 39.5 Å². The van der Waals surface area contributed by atoms with Crippen LogP contribution in [0.1, 0.15) is 17.6 Å². The first-order valence-electron chi connectivity index (χ1n) is 8.22. The zero-order valence-electron chi connectivity index (χ0n) is 14.7. The summed E-state index contributed by atoms with van der Waals surface area (Å²) in [4.78, 5) is 10.8. The molecule has 3 N–H and O–H groups in total. The highest BCUT2D eigenvalue weighted by molar-refractivity contribution is 5.56. The standard InChI is InChI=1S/C18H14F5N5O/c19-10-6-11(20)14(23)15(13(10)22)25-18-27-16(26-17(24)28-18)12(21)8-29-7-9-4-2-1-3-5-9/h1-6,12H,7-8H2,(H3,24,25,26,27,28). The Morgan fingerprint density at radius 1 is 0.966 bits per heavy atom. The third kappa shape index (κ3) is 4.93. The summed E-state index contributed by atoms with van der Waals surface area (Å²) in [6.45, 7) is -0.305. The van der Waals surface area contributed by atoms with Crippen LogP contribution in [0.25, 0.3) is 0 Å². The highest BCUT2D eigenvalue weighted by atomic mass is 19.2. The number of nitrogens with zero attached hydrogens (tertiary/aromatic N) is 3. The number of ether oxygens (including phenoxy) is 1. The number of halogens is 5. The quantitative estimate of drug-likeness (QED) is 0.452. The number of alkyl halides is 1. The van der Waals surface area contributed by atoms with Gasteiger partial charge in [-0.1, -0.05) is 30.3 Å². The molecule has 0 saturated heterocycles. The molecule has 0 aliphatic heterocycles. The molecule has 1 aromatic heterocycles. The third-order valence-electron chi connectivity index (χ3n) is 3.67. The number of aromatic nitrogens is 3. The van der Waals surface area contributed by atoms with Crippen molar-refractivity contribution in [3.05, 3.63) is 71.1 Å². The van der Waals surface area contributed by atoms with Crippen molar-refractivity contribution in [2.75, 3.05) is 17.7 Å². The lowest BCUT2D eigenvalue weighted by Crippen LogP contribution is -2.13. The van der Waals surface area contributed by atoms with E-state index >= 15 is 0 Å². The zero-order chi connectivity index (χ0) is 21.0. The maximum Gasteiger partial charge on any atom is 0.232 e. The Hall–Kier alpha value is -3.34. The fourth-order valence-electron chi connectivity index (χ4n) is 2.33. The molecule has 0 aliphatic carbocycles. The van der Waals surface area contributed by atoms with E-state index < -0.39 is 59.5 Å². The normalized spacial score (nSPS) is 12.0. The van der Waals surface area contributed by atoms with Gasteiger partial charge in [-0.3, -0.25) is 0 Å². The lowest BCUT2D eigenvalue weighted by Gasteiger charge is -2.12. The van der Waals surface area contributed by atoms with Crippen molar-refractivity contribution in [3.63, 3.8) is 0 Å². The van der Waals surface area contributed by atoms with E-state index in [0.717, 1.165) is 5.56 Å². The minimum absolute atomic E-state index is 0.0463. The van der Waals surface area contributed by atoms with Crippen molar-refractivity contribution in [3.8, 4) is 0 Å². The lowest BCUT2D eigenvalue weighted by atomic mass is 10.2. The average molecular weight is 411 g/mol. The lowest BCUT2D eigenvalue weighted by molar-refractivity contribution is 0.0663. The number of nitrogen functional groups attached to an aromatic ring is 1. The predicted molar refractivity (Wildman–Crippen MR) is 93.7 cm³/mol. The van der Waals surface area contributed by atoms with Gasteiger partial charge in [-0.15, -0.1) is 0 Å². The van der Waals surface area contributed by atoms with E-state index in [-0.39, 0.29) is 12.7 Å². The van der Waals surface area contributed by atoms with Crippen molar-refractivity contribution < 1.29 is 26.7 Å². The van der Waals surface area contributed by atoms with Crippen LogP contribution >= 0.6 is 0 Å². The maximum atomic E-state index is 14.4. The van der Waals surface area contributed by atoms with Crippen LogP contribution in [0.15, 0.2) is 36.4 Å². The van der Waals surface area contributed by atoms with Crippen LogP contribution in [0, 0.1) is 23.3 Å². The topological polar surface area (TPSA) is 86.0 Å². The van der Waals surface area contributed by atoms with Gasteiger partial charge in [0.25, 0.3) is 0 Å². The van der Waals surface area contributed by atoms with Gasteiger partial charge in [0.1, 0.15) is 5.69 Å². The number of anilines is 3. The minimum Gasteiger partial charge on any atom is -0.373 e. The molecule has 6 nitrogen and oxygen atoms in total. The average Bonchev–Trinajstić information content (AvgIpc) is 2.70. The summed E-state index contributed by atoms with van der Waals surface area (Å²) < 4.78 is 73.8. The molecule has 3 rings (SSSR count). The Bertz CT molecular complexity index is 979. The van der Waals surface area contributed by atoms with Crippen LogP contribution in [0.5, 0.6) is 0 Å². The van der Waals surface area contributed by atoms with E-state index in [1.807, 2.05) is 11.4 Å². The SMILES string of the molecule is Nc1nc(Nc2c(F)c(F)cc(F)c2F)nc(C(F)COCc2ccccc2)n1. The Labute approximate surface area is 161 Å². The first kappa shape index (κ1) is 20.4. The van der Waals surface area contributed by atoms with Crippen LogP contribution in [0.2, 0.25) is 0 Å². The molecule has 0 fully saturated rings. The Balaban J connectivity index is 1.74. The van der Waals surface area contributed by atoms with E-state index in [9.17, 15) is 22.0 Å². The van der Waals surface area contributed by atoms with E-state index in [0.29, 0.717) is 0 Å². The molecule has 2 aromatic carbocycles. The van der Waals surface area contributed by atoms with Crippen molar-refractivity contribution in [2.24, 2.45) is 0 Å². The van der Waals surface area contributed by atoms with Crippen LogP contribution in [-0.2, 0) is 11.3 Å². The molecule has 11 heteroatoms. The molecule has 3 aromatic rings. The number of hydrogen-bond donors (Lipinski definition) is 2. The molecular weight excluding hydrogens is 397 g/mol. The van der Waals surface area contributed by atoms with Gasteiger partial charge in [-0.05, 0) is 5.56 Å². The van der Waals surface area contributed by atoms with Crippen molar-refractivity contribution in [2.45, 2.75) is 12.8 Å². The first-order chi connectivity index (χ1) is 13.8. The fourth-order valence-corrected chi connectivity index (χ4v) is 2.33. The van der Waals surface area contributed by atoms with E-state index in [1.54, 1.807) is 24.3 Å². The summed E-state index contributed by atoms with van der Waals surface area (Å²) in [7, 11) is 0. The number of hydrogen-bond acceptors (Lipinski definition) is 6. The Morgan fingerprint density at radius 3 is 2.28 bits per heavy atom. The summed E-state index contributed by atoms with van der Waals surface area (Å²) in [6, 6.07) is 9.03. The van der Waals surface area contributed by atoms with Crippen LogP contribution < -0.4 is 11.1 Å². The zero-order valence-corrected chi connectivity index (χ0v) is 14.7. The van der Waals surface area contributed by atoms with Crippen molar-refractivity contribution in [1.29, 1.82) is 0 Å². The van der Waals surface area contributed by atoms with Crippen LogP contribution in [-0.4, -0.2) is 21.6 Å². The second-order valence-electron chi connectivity index (χ2n) is 5.81. The molecule has 29 heavy (non-hydrogen) atoms. The second kappa shape index (κ2) is 8.78. The summed E-state index contributed by atoms with van der Waals surface area (Å²) in [5.74, 6) is -8.22. The first-order valence-corrected chi connectivity index (χ1v) is 8.22. The van der Waals surface area contributed by atoms with Gasteiger partial charge >= 0.3 is 0 Å². The fraction of sp³-hybridized carbons (Fsp3) is 0.167. The number of benzene rings is 2. The molecule has 1 atom stereocenters. The maximum absolute atomic E-state index is 14.4. The van der Waals surface area contributed by atoms with E-state index in [1.165, 1.54) is 0 Å². The van der Waals surface area contributed by atoms with Crippen molar-refractivity contribution >= 4 is 17.6 Å². The molecule has 0 radical (unpaired) electrons. The molecule has 152 valence electrons. The molecule has 0 aliphatic rings. The molecule has 1 heterocycles. The molecule has 0 spiro atoms. The molecule has 0 amide bonds. The van der Waals surface area contributed by atoms with E-state index in [4.69, 9.17) is 10.5 Å². The molecular formula is C18H14F5N5O. The van der Waals surface area contributed by atoms with E-state index in [2.05, 4.69) is 15.0 Å². The third-order valence-corrected chi connectivity index (χ3v) is 3.67. The Kier molecular flexibility index (Phi) is 6.17. The second-order valence-corrected chi connectivity index (χ2v) is 5.81. The van der Waals surface area contributed by atoms with Gasteiger partial charge in [0.2, 0.25) is 11.9 Å². The predicted octanol–water partition coefficient (Wildman–Crippen LogP) is 3.98. The van der Waals surface area contributed by atoms with Gasteiger partial charge in [-0.25, -0.2) is 22.0 Å². The number of nitrogens with one attached hydrogen (secondary N) is 1. The largest absolute Gasteiger partial charge is 0.373 e.